The molecule has 1 fully saturated rings. The molecule has 1 unspecified atom stereocenters. The van der Waals surface area contributed by atoms with Crippen LogP contribution in [-0.4, -0.2) is 40.4 Å². The van der Waals surface area contributed by atoms with Gasteiger partial charge in [-0.2, -0.15) is 13.2 Å². The zero-order valence-electron chi connectivity index (χ0n) is 14.3. The molecular formula is C18H20F3N3O2. The zero-order chi connectivity index (χ0) is 18.9. The number of nitrogens with zero attached hydrogens (tertiary/aromatic N) is 2. The summed E-state index contributed by atoms with van der Waals surface area (Å²) in [4.78, 5) is 29.4. The van der Waals surface area contributed by atoms with Gasteiger partial charge in [0.15, 0.2) is 0 Å². The second kappa shape index (κ2) is 6.74. The lowest BCUT2D eigenvalue weighted by molar-refractivity contribution is -0.200. The van der Waals surface area contributed by atoms with Crippen LogP contribution in [0.3, 0.4) is 0 Å². The van der Waals surface area contributed by atoms with Crippen LogP contribution < -0.4 is 5.32 Å². The second-order valence-electron chi connectivity index (χ2n) is 6.66. The number of nitrogens with one attached hydrogen (secondary N) is 1. The molecule has 1 aliphatic carbocycles. The van der Waals surface area contributed by atoms with Crippen LogP contribution in [0.5, 0.6) is 0 Å². The van der Waals surface area contributed by atoms with Gasteiger partial charge in [0.1, 0.15) is 5.84 Å². The topological polar surface area (TPSA) is 61.8 Å². The molecule has 2 amide bonds. The van der Waals surface area contributed by atoms with Crippen LogP contribution in [0.4, 0.5) is 13.2 Å². The Balaban J connectivity index is 2.13. The summed E-state index contributed by atoms with van der Waals surface area (Å²) in [7, 11) is 0. The molecule has 0 radical (unpaired) electrons. The van der Waals surface area contributed by atoms with E-state index >= 15 is 0 Å². The predicted octanol–water partition coefficient (Wildman–Crippen LogP) is 3.00. The van der Waals surface area contributed by atoms with E-state index in [1.54, 1.807) is 35.6 Å². The van der Waals surface area contributed by atoms with Gasteiger partial charge in [0.05, 0.1) is 0 Å². The number of carbonyl (C=O) groups excluding carboxylic acids is 2. The molecule has 0 saturated heterocycles. The van der Waals surface area contributed by atoms with Crippen molar-refractivity contribution in [1.29, 1.82) is 0 Å². The summed E-state index contributed by atoms with van der Waals surface area (Å²) in [6.07, 6.45) is -1.13. The molecule has 26 heavy (non-hydrogen) atoms. The van der Waals surface area contributed by atoms with Crippen molar-refractivity contribution in [1.82, 2.24) is 10.2 Å². The molecule has 3 rings (SSSR count). The fraction of sp³-hybridized carbons (Fsp3) is 0.500. The van der Waals surface area contributed by atoms with Crippen LogP contribution >= 0.6 is 0 Å². The smallest absolute Gasteiger partial charge is 0.317 e. The molecule has 1 aromatic carbocycles. The van der Waals surface area contributed by atoms with Crippen LogP contribution in [0.15, 0.2) is 35.3 Å². The summed E-state index contributed by atoms with van der Waals surface area (Å²) in [5.74, 6) is -2.23. The van der Waals surface area contributed by atoms with Crippen molar-refractivity contribution in [2.24, 2.45) is 4.99 Å². The molecular weight excluding hydrogens is 347 g/mol. The number of aliphatic imine (C=N–C) groups is 1. The summed E-state index contributed by atoms with van der Waals surface area (Å²) in [5.41, 5.74) is -2.84. The summed E-state index contributed by atoms with van der Waals surface area (Å²) >= 11 is 0. The molecule has 1 atom stereocenters. The first-order chi connectivity index (χ1) is 12.3. The lowest BCUT2D eigenvalue weighted by atomic mass is 9.93. The molecule has 1 N–H and O–H groups in total. The second-order valence-corrected chi connectivity index (χ2v) is 6.66. The first-order valence-electron chi connectivity index (χ1n) is 8.61. The lowest BCUT2D eigenvalue weighted by Gasteiger charge is -2.34. The molecule has 1 aliphatic heterocycles. The molecule has 2 aliphatic rings. The van der Waals surface area contributed by atoms with Crippen molar-refractivity contribution < 1.29 is 22.8 Å². The van der Waals surface area contributed by atoms with E-state index in [0.717, 1.165) is 31.1 Å². The molecule has 0 spiro atoms. The third kappa shape index (κ3) is 3.08. The summed E-state index contributed by atoms with van der Waals surface area (Å²) in [5, 5.41) is 1.77. The van der Waals surface area contributed by atoms with Gasteiger partial charge in [0, 0.05) is 18.5 Å². The Kier molecular flexibility index (Phi) is 4.77. The quantitative estimate of drug-likeness (QED) is 0.893. The highest BCUT2D eigenvalue weighted by atomic mass is 19.4. The maximum Gasteiger partial charge on any atom is 0.442 e. The fourth-order valence-electron chi connectivity index (χ4n) is 3.59. The first kappa shape index (κ1) is 18.4. The Bertz CT molecular complexity index is 727. The lowest BCUT2D eigenvalue weighted by Crippen LogP contribution is -2.64. The number of hydrogen-bond donors (Lipinski definition) is 1. The van der Waals surface area contributed by atoms with E-state index in [2.05, 4.69) is 4.99 Å². The van der Waals surface area contributed by atoms with Crippen molar-refractivity contribution >= 4 is 17.6 Å². The summed E-state index contributed by atoms with van der Waals surface area (Å²) in [6, 6.07) is 7.95. The maximum absolute atomic E-state index is 13.9. The Morgan fingerprint density at radius 2 is 1.81 bits per heavy atom. The molecule has 140 valence electrons. The molecule has 8 heteroatoms. The van der Waals surface area contributed by atoms with E-state index in [4.69, 9.17) is 0 Å². The number of halogens is 3. The molecule has 1 saturated carbocycles. The molecule has 1 aromatic rings. The van der Waals surface area contributed by atoms with Gasteiger partial charge >= 0.3 is 11.8 Å². The summed E-state index contributed by atoms with van der Waals surface area (Å²) < 4.78 is 41.7. The normalized spacial score (nSPS) is 24.5. The number of carbonyl (C=O) groups is 2. The molecule has 0 aromatic heterocycles. The van der Waals surface area contributed by atoms with Gasteiger partial charge in [-0.15, -0.1) is 0 Å². The number of rotatable bonds is 3. The minimum Gasteiger partial charge on any atom is -0.317 e. The SMILES string of the molecule is CC(=O)NC1(C(F)(F)F)N=C(c2ccccc2)N(C2CCCCC2)C1=O. The highest BCUT2D eigenvalue weighted by molar-refractivity contribution is 6.16. The first-order valence-corrected chi connectivity index (χ1v) is 8.61. The van der Waals surface area contributed by atoms with Crippen LogP contribution in [-0.2, 0) is 9.59 Å². The number of alkyl halides is 3. The zero-order valence-corrected chi connectivity index (χ0v) is 14.3. The molecule has 5 nitrogen and oxygen atoms in total. The number of amides is 2. The maximum atomic E-state index is 13.9. The van der Waals surface area contributed by atoms with Crippen molar-refractivity contribution in [2.45, 2.75) is 56.9 Å². The van der Waals surface area contributed by atoms with Crippen molar-refractivity contribution in [3.8, 4) is 0 Å². The van der Waals surface area contributed by atoms with E-state index in [-0.39, 0.29) is 11.9 Å². The highest BCUT2D eigenvalue weighted by Crippen LogP contribution is 2.40. The van der Waals surface area contributed by atoms with Crippen molar-refractivity contribution in [3.63, 3.8) is 0 Å². The van der Waals surface area contributed by atoms with Crippen LogP contribution in [0.25, 0.3) is 0 Å². The average molecular weight is 367 g/mol. The van der Waals surface area contributed by atoms with Gasteiger partial charge in [-0.25, -0.2) is 4.99 Å². The predicted molar refractivity (Wildman–Crippen MR) is 89.3 cm³/mol. The Labute approximate surface area is 149 Å². The van der Waals surface area contributed by atoms with Crippen LogP contribution in [0.2, 0.25) is 0 Å². The van der Waals surface area contributed by atoms with E-state index < -0.39 is 23.7 Å². The minimum absolute atomic E-state index is 0.0337. The number of amidine groups is 1. The van der Waals surface area contributed by atoms with E-state index in [0.29, 0.717) is 18.4 Å². The summed E-state index contributed by atoms with van der Waals surface area (Å²) in [6.45, 7) is 0.946. The van der Waals surface area contributed by atoms with E-state index in [1.807, 2.05) is 0 Å². The van der Waals surface area contributed by atoms with Gasteiger partial charge in [-0.1, -0.05) is 49.6 Å². The third-order valence-electron chi connectivity index (χ3n) is 4.77. The Morgan fingerprint density at radius 3 is 2.35 bits per heavy atom. The van der Waals surface area contributed by atoms with Crippen molar-refractivity contribution in [3.05, 3.63) is 35.9 Å². The average Bonchev–Trinajstić information content (AvgIpc) is 2.89. The van der Waals surface area contributed by atoms with Crippen LogP contribution in [0.1, 0.15) is 44.6 Å². The largest absolute Gasteiger partial charge is 0.442 e. The van der Waals surface area contributed by atoms with E-state index in [9.17, 15) is 22.8 Å². The van der Waals surface area contributed by atoms with Crippen LogP contribution in [0, 0.1) is 0 Å². The Hall–Kier alpha value is -2.38. The van der Waals surface area contributed by atoms with Gasteiger partial charge < -0.3 is 5.32 Å². The van der Waals surface area contributed by atoms with Gasteiger partial charge in [0.2, 0.25) is 5.91 Å². The number of benzene rings is 1. The molecule has 1 heterocycles. The fourth-order valence-corrected chi connectivity index (χ4v) is 3.59. The highest BCUT2D eigenvalue weighted by Gasteiger charge is 2.67. The standard InChI is InChI=1S/C18H20F3N3O2/c1-12(25)22-17(18(19,20)21)16(26)24(14-10-6-3-7-11-14)15(23-17)13-8-4-2-5-9-13/h2,4-5,8-9,14H,3,6-7,10-11H2,1H3,(H,22,25). The Morgan fingerprint density at radius 1 is 1.19 bits per heavy atom. The van der Waals surface area contributed by atoms with Crippen molar-refractivity contribution in [2.75, 3.05) is 0 Å². The van der Waals surface area contributed by atoms with Gasteiger partial charge in [0.25, 0.3) is 5.91 Å². The van der Waals surface area contributed by atoms with Gasteiger partial charge in [-0.05, 0) is 12.8 Å². The van der Waals surface area contributed by atoms with Gasteiger partial charge in [-0.3, -0.25) is 14.5 Å². The monoisotopic (exact) mass is 367 g/mol. The van der Waals surface area contributed by atoms with E-state index in [1.165, 1.54) is 0 Å². The minimum atomic E-state index is -5.04. The number of hydrogen-bond acceptors (Lipinski definition) is 3. The third-order valence-corrected chi connectivity index (χ3v) is 4.77. The molecule has 0 bridgehead atoms.